The molecule has 1 aromatic carbocycles. The average molecular weight is 230 g/mol. The van der Waals surface area contributed by atoms with Crippen molar-refractivity contribution in [2.75, 3.05) is 6.54 Å². The third kappa shape index (κ3) is 2.57. The summed E-state index contributed by atoms with van der Waals surface area (Å²) in [7, 11) is 0. The van der Waals surface area contributed by atoms with Gasteiger partial charge in [0.15, 0.2) is 0 Å². The van der Waals surface area contributed by atoms with Gasteiger partial charge in [0.05, 0.1) is 0 Å². The molecule has 0 aliphatic heterocycles. The Bertz CT molecular complexity index is 465. The quantitative estimate of drug-likeness (QED) is 0.753. The molecule has 0 aliphatic carbocycles. The molecular weight excluding hydrogens is 212 g/mol. The number of benzene rings is 1. The van der Waals surface area contributed by atoms with E-state index in [2.05, 4.69) is 11.9 Å². The lowest BCUT2D eigenvalue weighted by atomic mass is 9.96. The van der Waals surface area contributed by atoms with Crippen molar-refractivity contribution < 1.29 is 5.11 Å². The Morgan fingerprint density at radius 2 is 2.00 bits per heavy atom. The summed E-state index contributed by atoms with van der Waals surface area (Å²) in [5, 5.41) is 10.2. The molecule has 0 bridgehead atoms. The monoisotopic (exact) mass is 230 g/mol. The van der Waals surface area contributed by atoms with Crippen molar-refractivity contribution in [3.63, 3.8) is 0 Å². The van der Waals surface area contributed by atoms with Crippen LogP contribution < -0.4 is 5.73 Å². The Morgan fingerprint density at radius 3 is 2.65 bits per heavy atom. The molecule has 0 aliphatic rings. The summed E-state index contributed by atoms with van der Waals surface area (Å²) in [5.74, 6) is 0.311. The zero-order valence-corrected chi connectivity index (χ0v) is 9.93. The van der Waals surface area contributed by atoms with Gasteiger partial charge in [0, 0.05) is 11.9 Å². The molecule has 0 fully saturated rings. The fraction of sp³-hybridized carbons (Fsp3) is 0.286. The average Bonchev–Trinajstić information content (AvgIpc) is 2.91. The van der Waals surface area contributed by atoms with Crippen LogP contribution in [0.25, 0.3) is 0 Å². The lowest BCUT2D eigenvalue weighted by Crippen LogP contribution is -2.09. The van der Waals surface area contributed by atoms with Crippen molar-refractivity contribution in [2.45, 2.75) is 18.9 Å². The van der Waals surface area contributed by atoms with Crippen molar-refractivity contribution >= 4 is 0 Å². The molecule has 2 rings (SSSR count). The van der Waals surface area contributed by atoms with Gasteiger partial charge < -0.3 is 15.8 Å². The SMILES string of the molecule is CC(CN)c1cccc(C(O)c2ccc[nH]2)c1. The van der Waals surface area contributed by atoms with Crippen LogP contribution in [0.3, 0.4) is 0 Å². The first-order valence-corrected chi connectivity index (χ1v) is 5.83. The molecule has 17 heavy (non-hydrogen) atoms. The van der Waals surface area contributed by atoms with Crippen LogP contribution in [0.1, 0.15) is 35.8 Å². The van der Waals surface area contributed by atoms with Crippen LogP contribution in [0.15, 0.2) is 42.6 Å². The molecule has 0 amide bonds. The van der Waals surface area contributed by atoms with E-state index in [1.165, 1.54) is 0 Å². The van der Waals surface area contributed by atoms with E-state index < -0.39 is 6.10 Å². The first kappa shape index (κ1) is 11.9. The van der Waals surface area contributed by atoms with Crippen molar-refractivity contribution in [3.05, 3.63) is 59.4 Å². The molecule has 3 heteroatoms. The van der Waals surface area contributed by atoms with Crippen LogP contribution in [-0.4, -0.2) is 16.6 Å². The Hall–Kier alpha value is -1.58. The molecule has 0 saturated carbocycles. The number of aliphatic hydroxyl groups excluding tert-OH is 1. The van der Waals surface area contributed by atoms with E-state index >= 15 is 0 Å². The minimum absolute atomic E-state index is 0.311. The van der Waals surface area contributed by atoms with Crippen LogP contribution in [0.4, 0.5) is 0 Å². The van der Waals surface area contributed by atoms with E-state index in [0.717, 1.165) is 16.8 Å². The number of nitrogens with one attached hydrogen (secondary N) is 1. The van der Waals surface area contributed by atoms with Gasteiger partial charge in [-0.2, -0.15) is 0 Å². The van der Waals surface area contributed by atoms with E-state index in [4.69, 9.17) is 5.73 Å². The predicted molar refractivity (Wildman–Crippen MR) is 68.8 cm³/mol. The van der Waals surface area contributed by atoms with E-state index in [-0.39, 0.29) is 0 Å². The summed E-state index contributed by atoms with van der Waals surface area (Å²) in [4.78, 5) is 3.02. The summed E-state index contributed by atoms with van der Waals surface area (Å²) in [6.07, 6.45) is 1.21. The fourth-order valence-corrected chi connectivity index (χ4v) is 1.87. The second-order valence-electron chi connectivity index (χ2n) is 4.33. The number of nitrogens with two attached hydrogens (primary N) is 1. The molecule has 3 nitrogen and oxygen atoms in total. The normalized spacial score (nSPS) is 14.5. The molecule has 0 spiro atoms. The molecular formula is C14H18N2O. The van der Waals surface area contributed by atoms with Crippen molar-refractivity contribution in [1.29, 1.82) is 0 Å². The van der Waals surface area contributed by atoms with Gasteiger partial charge in [0.1, 0.15) is 6.10 Å². The van der Waals surface area contributed by atoms with Gasteiger partial charge >= 0.3 is 0 Å². The summed E-state index contributed by atoms with van der Waals surface area (Å²) < 4.78 is 0. The largest absolute Gasteiger partial charge is 0.382 e. The molecule has 4 N–H and O–H groups in total. The second kappa shape index (κ2) is 5.17. The van der Waals surface area contributed by atoms with E-state index in [1.807, 2.05) is 42.6 Å². The zero-order chi connectivity index (χ0) is 12.3. The lowest BCUT2D eigenvalue weighted by molar-refractivity contribution is 0.216. The number of H-pyrrole nitrogens is 1. The fourth-order valence-electron chi connectivity index (χ4n) is 1.87. The molecule has 0 saturated heterocycles. The van der Waals surface area contributed by atoms with Crippen molar-refractivity contribution in [3.8, 4) is 0 Å². The van der Waals surface area contributed by atoms with Crippen LogP contribution in [0.2, 0.25) is 0 Å². The zero-order valence-electron chi connectivity index (χ0n) is 9.93. The minimum Gasteiger partial charge on any atom is -0.382 e. The van der Waals surface area contributed by atoms with Gasteiger partial charge in [0.2, 0.25) is 0 Å². The van der Waals surface area contributed by atoms with Gasteiger partial charge in [0.25, 0.3) is 0 Å². The standard InChI is InChI=1S/C14H18N2O/c1-10(9-15)11-4-2-5-12(8-11)14(17)13-6-3-7-16-13/h2-8,10,14,16-17H,9,15H2,1H3. The Balaban J connectivity index is 2.27. The van der Waals surface area contributed by atoms with Crippen LogP contribution in [-0.2, 0) is 0 Å². The van der Waals surface area contributed by atoms with Gasteiger partial charge in [-0.3, -0.25) is 0 Å². The third-order valence-electron chi connectivity index (χ3n) is 3.07. The number of hydrogen-bond acceptors (Lipinski definition) is 2. The van der Waals surface area contributed by atoms with Crippen LogP contribution in [0, 0.1) is 0 Å². The van der Waals surface area contributed by atoms with Crippen LogP contribution >= 0.6 is 0 Å². The first-order chi connectivity index (χ1) is 8.22. The molecule has 1 heterocycles. The first-order valence-electron chi connectivity index (χ1n) is 5.83. The highest BCUT2D eigenvalue weighted by Gasteiger charge is 2.12. The maximum absolute atomic E-state index is 10.2. The molecule has 2 unspecified atom stereocenters. The molecule has 1 aromatic heterocycles. The molecule has 0 radical (unpaired) electrons. The Morgan fingerprint density at radius 1 is 1.24 bits per heavy atom. The van der Waals surface area contributed by atoms with E-state index in [0.29, 0.717) is 12.5 Å². The minimum atomic E-state index is -0.602. The summed E-state index contributed by atoms with van der Waals surface area (Å²) in [6, 6.07) is 11.7. The summed E-state index contributed by atoms with van der Waals surface area (Å²) in [5.41, 5.74) is 8.52. The summed E-state index contributed by atoms with van der Waals surface area (Å²) >= 11 is 0. The predicted octanol–water partition coefficient (Wildman–Crippen LogP) is 2.16. The van der Waals surface area contributed by atoms with E-state index in [1.54, 1.807) is 0 Å². The van der Waals surface area contributed by atoms with Crippen molar-refractivity contribution in [2.24, 2.45) is 5.73 Å². The third-order valence-corrected chi connectivity index (χ3v) is 3.07. The van der Waals surface area contributed by atoms with Gasteiger partial charge in [-0.15, -0.1) is 0 Å². The number of aromatic nitrogens is 1. The number of hydrogen-bond donors (Lipinski definition) is 3. The number of aromatic amines is 1. The highest BCUT2D eigenvalue weighted by Crippen LogP contribution is 2.23. The van der Waals surface area contributed by atoms with Crippen LogP contribution in [0.5, 0.6) is 0 Å². The summed E-state index contributed by atoms with van der Waals surface area (Å²) in [6.45, 7) is 2.70. The molecule has 2 atom stereocenters. The smallest absolute Gasteiger partial charge is 0.119 e. The van der Waals surface area contributed by atoms with Gasteiger partial charge in [-0.1, -0.05) is 31.2 Å². The highest BCUT2D eigenvalue weighted by molar-refractivity contribution is 5.31. The number of rotatable bonds is 4. The maximum atomic E-state index is 10.2. The van der Waals surface area contributed by atoms with Crippen molar-refractivity contribution in [1.82, 2.24) is 4.98 Å². The Labute approximate surface area is 101 Å². The van der Waals surface area contributed by atoms with E-state index in [9.17, 15) is 5.11 Å². The van der Waals surface area contributed by atoms with Gasteiger partial charge in [-0.25, -0.2) is 0 Å². The van der Waals surface area contributed by atoms with Gasteiger partial charge in [-0.05, 0) is 35.7 Å². The molecule has 90 valence electrons. The number of aliphatic hydroxyl groups is 1. The molecule has 2 aromatic rings. The Kier molecular flexibility index (Phi) is 3.61. The second-order valence-corrected chi connectivity index (χ2v) is 4.33. The maximum Gasteiger partial charge on any atom is 0.119 e. The highest BCUT2D eigenvalue weighted by atomic mass is 16.3. The lowest BCUT2D eigenvalue weighted by Gasteiger charge is -2.14. The topological polar surface area (TPSA) is 62.0 Å².